The van der Waals surface area contributed by atoms with Gasteiger partial charge in [0.1, 0.15) is 12.6 Å². The van der Waals surface area contributed by atoms with Crippen molar-refractivity contribution in [1.29, 1.82) is 0 Å². The zero-order valence-electron chi connectivity index (χ0n) is 24.0. The molecule has 232 valence electrons. The SMILES string of the molecule is Cc1ccc(S(=O)(=O)N(CC(=O)N(Cc2cccc(Br)c2)[C@H](C)C(=O)NCC(C)C)c2ccc(Cl)c(C(F)(F)F)c2)cc1. The smallest absolute Gasteiger partial charge is 0.354 e. The van der Waals surface area contributed by atoms with E-state index in [9.17, 15) is 31.2 Å². The number of alkyl halides is 3. The first kappa shape index (κ1) is 34.4. The molecule has 0 saturated carbocycles. The van der Waals surface area contributed by atoms with Crippen LogP contribution in [0.5, 0.6) is 0 Å². The number of aryl methyl sites for hydroxylation is 1. The van der Waals surface area contributed by atoms with Gasteiger partial charge in [-0.15, -0.1) is 0 Å². The molecule has 13 heteroatoms. The summed E-state index contributed by atoms with van der Waals surface area (Å²) in [5, 5.41) is 2.15. The molecule has 0 saturated heterocycles. The van der Waals surface area contributed by atoms with Gasteiger partial charge in [-0.05, 0) is 67.8 Å². The Bertz CT molecular complexity index is 1570. The molecule has 7 nitrogen and oxygen atoms in total. The summed E-state index contributed by atoms with van der Waals surface area (Å²) in [7, 11) is -4.55. The van der Waals surface area contributed by atoms with Crippen molar-refractivity contribution in [2.45, 2.75) is 51.4 Å². The molecule has 0 fully saturated rings. The van der Waals surface area contributed by atoms with Crippen LogP contribution in [0.3, 0.4) is 0 Å². The molecule has 0 aliphatic rings. The van der Waals surface area contributed by atoms with E-state index in [1.807, 2.05) is 13.8 Å². The van der Waals surface area contributed by atoms with E-state index in [1.165, 1.54) is 36.1 Å². The van der Waals surface area contributed by atoms with Crippen LogP contribution < -0.4 is 9.62 Å². The molecular formula is C30H32BrClF3N3O4S. The standard InChI is InChI=1S/C30H32BrClF3N3O4S/c1-19(2)16-36-29(40)21(4)37(17-22-6-5-7-23(31)14-22)28(39)18-38(43(41,42)25-11-8-20(3)9-12-25)24-10-13-27(32)26(15-24)30(33,34)35/h5-15,19,21H,16-18H2,1-4H3,(H,36,40)/t21-/m1/s1. The highest BCUT2D eigenvalue weighted by molar-refractivity contribution is 9.10. The summed E-state index contributed by atoms with van der Waals surface area (Å²) in [6.07, 6.45) is -4.88. The van der Waals surface area contributed by atoms with Crippen LogP contribution in [-0.2, 0) is 32.3 Å². The second-order valence-electron chi connectivity index (χ2n) is 10.5. The summed E-state index contributed by atoms with van der Waals surface area (Å²) in [6, 6.07) is 14.3. The minimum absolute atomic E-state index is 0.0681. The van der Waals surface area contributed by atoms with Gasteiger partial charge in [-0.2, -0.15) is 13.2 Å². The Balaban J connectivity index is 2.11. The number of carbonyl (C=O) groups is 2. The fourth-order valence-electron chi connectivity index (χ4n) is 4.12. The maximum Gasteiger partial charge on any atom is 0.417 e. The molecule has 0 spiro atoms. The van der Waals surface area contributed by atoms with Crippen molar-refractivity contribution in [2.75, 3.05) is 17.4 Å². The minimum atomic E-state index is -4.88. The average molecular weight is 703 g/mol. The van der Waals surface area contributed by atoms with Gasteiger partial charge < -0.3 is 10.2 Å². The van der Waals surface area contributed by atoms with Gasteiger partial charge in [0.25, 0.3) is 10.0 Å². The summed E-state index contributed by atoms with van der Waals surface area (Å²) in [4.78, 5) is 28.0. The van der Waals surface area contributed by atoms with Gasteiger partial charge >= 0.3 is 6.18 Å². The second kappa shape index (κ2) is 14.1. The Kier molecular flexibility index (Phi) is 11.3. The summed E-state index contributed by atoms with van der Waals surface area (Å²) in [5.41, 5.74) is -0.264. The van der Waals surface area contributed by atoms with Crippen LogP contribution in [0, 0.1) is 12.8 Å². The number of nitrogens with one attached hydrogen (secondary N) is 1. The quantitative estimate of drug-likeness (QED) is 0.238. The van der Waals surface area contributed by atoms with Crippen LogP contribution in [-0.4, -0.2) is 44.3 Å². The monoisotopic (exact) mass is 701 g/mol. The zero-order chi connectivity index (χ0) is 32.1. The minimum Gasteiger partial charge on any atom is -0.354 e. The van der Waals surface area contributed by atoms with Crippen molar-refractivity contribution in [3.63, 3.8) is 0 Å². The molecule has 0 aliphatic heterocycles. The van der Waals surface area contributed by atoms with Crippen molar-refractivity contribution < 1.29 is 31.2 Å². The van der Waals surface area contributed by atoms with Crippen LogP contribution in [0.4, 0.5) is 18.9 Å². The van der Waals surface area contributed by atoms with Crippen molar-refractivity contribution in [2.24, 2.45) is 5.92 Å². The van der Waals surface area contributed by atoms with E-state index in [-0.39, 0.29) is 17.4 Å². The fourth-order valence-corrected chi connectivity index (χ4v) is 6.20. The highest BCUT2D eigenvalue weighted by Gasteiger charge is 2.37. The lowest BCUT2D eigenvalue weighted by molar-refractivity contribution is -0.139. The molecule has 1 N–H and O–H groups in total. The number of rotatable bonds is 11. The van der Waals surface area contributed by atoms with Gasteiger partial charge in [-0.25, -0.2) is 8.42 Å². The van der Waals surface area contributed by atoms with Gasteiger partial charge in [0.2, 0.25) is 11.8 Å². The van der Waals surface area contributed by atoms with Crippen LogP contribution in [0.2, 0.25) is 5.02 Å². The van der Waals surface area contributed by atoms with Crippen LogP contribution in [0.25, 0.3) is 0 Å². The fraction of sp³-hybridized carbons (Fsp3) is 0.333. The van der Waals surface area contributed by atoms with E-state index in [1.54, 1.807) is 31.2 Å². The molecule has 3 rings (SSSR count). The molecule has 0 unspecified atom stereocenters. The number of carbonyl (C=O) groups excluding carboxylic acids is 2. The Morgan fingerprint density at radius 1 is 1.00 bits per heavy atom. The number of halogens is 5. The van der Waals surface area contributed by atoms with Crippen molar-refractivity contribution in [3.05, 3.63) is 92.9 Å². The average Bonchev–Trinajstić information content (AvgIpc) is 2.92. The molecule has 0 aromatic heterocycles. The van der Waals surface area contributed by atoms with Gasteiger partial charge in [0.05, 0.1) is 21.2 Å². The van der Waals surface area contributed by atoms with Gasteiger partial charge in [-0.1, -0.05) is 71.2 Å². The second-order valence-corrected chi connectivity index (χ2v) is 13.6. The highest BCUT2D eigenvalue weighted by Crippen LogP contribution is 2.38. The lowest BCUT2D eigenvalue weighted by Crippen LogP contribution is -2.51. The molecule has 3 aromatic carbocycles. The number of nitrogens with zero attached hydrogens (tertiary/aromatic N) is 2. The van der Waals surface area contributed by atoms with E-state index in [2.05, 4.69) is 21.2 Å². The highest BCUT2D eigenvalue weighted by atomic mass is 79.9. The molecular weight excluding hydrogens is 671 g/mol. The summed E-state index contributed by atoms with van der Waals surface area (Å²) in [5.74, 6) is -1.13. The Morgan fingerprint density at radius 3 is 2.23 bits per heavy atom. The third-order valence-electron chi connectivity index (χ3n) is 6.52. The third-order valence-corrected chi connectivity index (χ3v) is 9.14. The zero-order valence-corrected chi connectivity index (χ0v) is 27.1. The number of anilines is 1. The molecule has 2 amide bonds. The number of benzene rings is 3. The van der Waals surface area contributed by atoms with Gasteiger partial charge in [-0.3, -0.25) is 13.9 Å². The van der Waals surface area contributed by atoms with E-state index in [4.69, 9.17) is 11.6 Å². The lowest BCUT2D eigenvalue weighted by Gasteiger charge is -2.32. The first-order valence-electron chi connectivity index (χ1n) is 13.3. The predicted molar refractivity (Wildman–Crippen MR) is 164 cm³/mol. The Labute approximate surface area is 263 Å². The van der Waals surface area contributed by atoms with E-state index in [0.717, 1.165) is 22.2 Å². The Morgan fingerprint density at radius 2 is 1.65 bits per heavy atom. The van der Waals surface area contributed by atoms with E-state index < -0.39 is 56.9 Å². The number of hydrogen-bond acceptors (Lipinski definition) is 4. The van der Waals surface area contributed by atoms with E-state index >= 15 is 0 Å². The number of sulfonamides is 1. The van der Waals surface area contributed by atoms with Crippen molar-refractivity contribution >= 4 is 55.1 Å². The first-order chi connectivity index (χ1) is 20.0. The van der Waals surface area contributed by atoms with Crippen molar-refractivity contribution in [1.82, 2.24) is 10.2 Å². The molecule has 1 atom stereocenters. The summed E-state index contributed by atoms with van der Waals surface area (Å²) < 4.78 is 70.4. The van der Waals surface area contributed by atoms with Crippen molar-refractivity contribution in [3.8, 4) is 0 Å². The lowest BCUT2D eigenvalue weighted by atomic mass is 10.1. The van der Waals surface area contributed by atoms with Gasteiger partial charge in [0.15, 0.2) is 0 Å². The summed E-state index contributed by atoms with van der Waals surface area (Å²) >= 11 is 9.19. The Hall–Kier alpha value is -3.09. The number of amides is 2. The predicted octanol–water partition coefficient (Wildman–Crippen LogP) is 6.81. The number of hydrogen-bond donors (Lipinski definition) is 1. The molecule has 0 aliphatic carbocycles. The third kappa shape index (κ3) is 8.96. The maximum absolute atomic E-state index is 14.0. The summed E-state index contributed by atoms with van der Waals surface area (Å²) in [6.45, 7) is 6.47. The normalized spacial score (nSPS) is 12.6. The van der Waals surface area contributed by atoms with Crippen LogP contribution >= 0.6 is 27.5 Å². The molecule has 0 bridgehead atoms. The molecule has 0 radical (unpaired) electrons. The topological polar surface area (TPSA) is 86.8 Å². The molecule has 43 heavy (non-hydrogen) atoms. The van der Waals surface area contributed by atoms with Crippen LogP contribution in [0.15, 0.2) is 76.1 Å². The first-order valence-corrected chi connectivity index (χ1v) is 15.9. The van der Waals surface area contributed by atoms with Gasteiger partial charge in [0, 0.05) is 17.6 Å². The van der Waals surface area contributed by atoms with Crippen LogP contribution in [0.1, 0.15) is 37.5 Å². The largest absolute Gasteiger partial charge is 0.417 e. The molecule has 0 heterocycles. The van der Waals surface area contributed by atoms with E-state index in [0.29, 0.717) is 22.5 Å². The molecule has 3 aromatic rings. The maximum atomic E-state index is 14.0.